The molecule has 0 aliphatic carbocycles. The molecule has 74 valence electrons. The van der Waals surface area contributed by atoms with Gasteiger partial charge < -0.3 is 15.2 Å². The molecule has 1 aliphatic heterocycles. The summed E-state index contributed by atoms with van der Waals surface area (Å²) in [5.41, 5.74) is 6.18. The number of pyridine rings is 1. The number of hydrogen-bond acceptors (Lipinski definition) is 4. The lowest BCUT2D eigenvalue weighted by atomic mass is 10.3. The van der Waals surface area contributed by atoms with Crippen LogP contribution in [-0.4, -0.2) is 29.3 Å². The first-order valence-electron chi connectivity index (χ1n) is 4.26. The summed E-state index contributed by atoms with van der Waals surface area (Å²) in [5.74, 6) is 0.582. The zero-order valence-electron chi connectivity index (χ0n) is 7.47. The predicted octanol–water partition coefficient (Wildman–Crippen LogP) is 0.493. The van der Waals surface area contributed by atoms with Crippen LogP contribution in [0.1, 0.15) is 5.56 Å². The summed E-state index contributed by atoms with van der Waals surface area (Å²) in [7, 11) is 0. The number of rotatable bonds is 3. The van der Waals surface area contributed by atoms with Crippen molar-refractivity contribution in [3.8, 4) is 5.88 Å². The first-order valence-corrected chi connectivity index (χ1v) is 4.67. The maximum absolute atomic E-state index is 5.46. The van der Waals surface area contributed by atoms with E-state index in [1.807, 2.05) is 0 Å². The molecule has 5 heteroatoms. The molecule has 1 aromatic heterocycles. The Morgan fingerprint density at radius 3 is 2.79 bits per heavy atom. The number of aromatic nitrogens is 1. The van der Waals surface area contributed by atoms with E-state index in [4.69, 9.17) is 27.4 Å². The number of hydrogen-bond donors (Lipinski definition) is 1. The highest BCUT2D eigenvalue weighted by atomic mass is 32.1. The van der Waals surface area contributed by atoms with E-state index in [2.05, 4.69) is 4.98 Å². The average Bonchev–Trinajstić information content (AvgIpc) is 2.12. The third kappa shape index (κ3) is 2.00. The van der Waals surface area contributed by atoms with Crippen molar-refractivity contribution in [3.05, 3.63) is 23.9 Å². The zero-order valence-corrected chi connectivity index (χ0v) is 8.29. The number of nitrogens with zero attached hydrogens (tertiary/aromatic N) is 1. The van der Waals surface area contributed by atoms with Crippen molar-refractivity contribution in [1.29, 1.82) is 0 Å². The third-order valence-electron chi connectivity index (χ3n) is 1.92. The summed E-state index contributed by atoms with van der Waals surface area (Å²) in [6.45, 7) is 1.28. The summed E-state index contributed by atoms with van der Waals surface area (Å²) in [4.78, 5) is 4.42. The van der Waals surface area contributed by atoms with Crippen LogP contribution in [0.5, 0.6) is 5.88 Å². The largest absolute Gasteiger partial charge is 0.469 e. The van der Waals surface area contributed by atoms with Crippen LogP contribution in [0, 0.1) is 0 Å². The fourth-order valence-corrected chi connectivity index (χ4v) is 1.17. The minimum atomic E-state index is 0.137. The van der Waals surface area contributed by atoms with Crippen molar-refractivity contribution in [2.45, 2.75) is 6.10 Å². The smallest absolute Gasteiger partial charge is 0.213 e. The topological polar surface area (TPSA) is 57.4 Å². The van der Waals surface area contributed by atoms with Gasteiger partial charge in [-0.15, -0.1) is 0 Å². The highest BCUT2D eigenvalue weighted by Crippen LogP contribution is 2.13. The number of thiocarbonyl (C=S) groups is 1. The van der Waals surface area contributed by atoms with Gasteiger partial charge in [0.25, 0.3) is 0 Å². The van der Waals surface area contributed by atoms with E-state index in [0.29, 0.717) is 24.1 Å². The molecule has 1 saturated heterocycles. The molecule has 0 spiro atoms. The van der Waals surface area contributed by atoms with E-state index < -0.39 is 0 Å². The minimum absolute atomic E-state index is 0.137. The van der Waals surface area contributed by atoms with E-state index in [-0.39, 0.29) is 6.10 Å². The summed E-state index contributed by atoms with van der Waals surface area (Å²) >= 11 is 4.80. The lowest BCUT2D eigenvalue weighted by Gasteiger charge is -2.25. The maximum atomic E-state index is 5.46. The molecule has 0 atom stereocenters. The van der Waals surface area contributed by atoms with Crippen molar-refractivity contribution >= 4 is 17.2 Å². The highest BCUT2D eigenvalue weighted by Gasteiger charge is 2.20. The molecule has 0 unspecified atom stereocenters. The number of nitrogens with two attached hydrogens (primary N) is 1. The molecule has 0 bridgehead atoms. The Morgan fingerprint density at radius 1 is 1.57 bits per heavy atom. The quantitative estimate of drug-likeness (QED) is 0.736. The zero-order chi connectivity index (χ0) is 9.97. The first-order chi connectivity index (χ1) is 6.75. The monoisotopic (exact) mass is 210 g/mol. The van der Waals surface area contributed by atoms with Crippen LogP contribution in [0.3, 0.4) is 0 Å². The van der Waals surface area contributed by atoms with E-state index in [1.165, 1.54) is 0 Å². The van der Waals surface area contributed by atoms with Crippen LogP contribution >= 0.6 is 12.2 Å². The molecular weight excluding hydrogens is 200 g/mol. The van der Waals surface area contributed by atoms with Gasteiger partial charge in [-0.25, -0.2) is 4.98 Å². The molecule has 2 rings (SSSR count). The van der Waals surface area contributed by atoms with Gasteiger partial charge in [0.15, 0.2) is 0 Å². The second-order valence-electron chi connectivity index (χ2n) is 3.03. The van der Waals surface area contributed by atoms with Crippen LogP contribution in [0.2, 0.25) is 0 Å². The Hall–Kier alpha value is -1.20. The summed E-state index contributed by atoms with van der Waals surface area (Å²) < 4.78 is 10.4. The van der Waals surface area contributed by atoms with Crippen molar-refractivity contribution in [3.63, 3.8) is 0 Å². The van der Waals surface area contributed by atoms with E-state index >= 15 is 0 Å². The van der Waals surface area contributed by atoms with Crippen LogP contribution in [-0.2, 0) is 4.74 Å². The Bertz CT molecular complexity index is 335. The Labute approximate surface area is 87.0 Å². The van der Waals surface area contributed by atoms with Gasteiger partial charge in [0, 0.05) is 17.8 Å². The normalized spacial score (nSPS) is 16.0. The third-order valence-corrected chi connectivity index (χ3v) is 2.15. The summed E-state index contributed by atoms with van der Waals surface area (Å²) in [6.07, 6.45) is 1.75. The lowest BCUT2D eigenvalue weighted by molar-refractivity contribution is -0.0813. The molecule has 1 fully saturated rings. The van der Waals surface area contributed by atoms with Crippen molar-refractivity contribution in [2.75, 3.05) is 13.2 Å². The Kier molecular flexibility index (Phi) is 2.60. The molecule has 4 nitrogen and oxygen atoms in total. The second-order valence-corrected chi connectivity index (χ2v) is 3.47. The minimum Gasteiger partial charge on any atom is -0.469 e. The van der Waals surface area contributed by atoms with Gasteiger partial charge in [-0.05, 0) is 6.07 Å². The van der Waals surface area contributed by atoms with E-state index in [1.54, 1.807) is 18.3 Å². The SMILES string of the molecule is NC(=S)c1ccc(OC2COC2)nc1. The molecule has 1 aliphatic rings. The van der Waals surface area contributed by atoms with Crippen LogP contribution < -0.4 is 10.5 Å². The van der Waals surface area contributed by atoms with Gasteiger partial charge in [0.1, 0.15) is 11.1 Å². The molecular formula is C9H10N2O2S. The van der Waals surface area contributed by atoms with Crippen molar-refractivity contribution in [2.24, 2.45) is 5.73 Å². The highest BCUT2D eigenvalue weighted by molar-refractivity contribution is 7.80. The van der Waals surface area contributed by atoms with E-state index in [9.17, 15) is 0 Å². The fraction of sp³-hybridized carbons (Fsp3) is 0.333. The molecule has 2 N–H and O–H groups in total. The van der Waals surface area contributed by atoms with Gasteiger partial charge in [-0.1, -0.05) is 12.2 Å². The average molecular weight is 210 g/mol. The van der Waals surface area contributed by atoms with Crippen LogP contribution in [0.4, 0.5) is 0 Å². The first kappa shape index (κ1) is 9.36. The molecule has 0 saturated carbocycles. The van der Waals surface area contributed by atoms with Crippen molar-refractivity contribution in [1.82, 2.24) is 4.98 Å². The van der Waals surface area contributed by atoms with Gasteiger partial charge in [0.2, 0.25) is 5.88 Å². The van der Waals surface area contributed by atoms with Crippen LogP contribution in [0.15, 0.2) is 18.3 Å². The van der Waals surface area contributed by atoms with Crippen LogP contribution in [0.25, 0.3) is 0 Å². The van der Waals surface area contributed by atoms with Gasteiger partial charge >= 0.3 is 0 Å². The second kappa shape index (κ2) is 3.89. The van der Waals surface area contributed by atoms with Gasteiger partial charge in [0.05, 0.1) is 13.2 Å². The summed E-state index contributed by atoms with van der Waals surface area (Å²) in [6, 6.07) is 3.55. The molecule has 2 heterocycles. The van der Waals surface area contributed by atoms with E-state index in [0.717, 1.165) is 5.56 Å². The molecule has 0 radical (unpaired) electrons. The predicted molar refractivity (Wildman–Crippen MR) is 55.4 cm³/mol. The molecule has 0 amide bonds. The molecule has 14 heavy (non-hydrogen) atoms. The fourth-order valence-electron chi connectivity index (χ4n) is 1.05. The maximum Gasteiger partial charge on any atom is 0.213 e. The van der Waals surface area contributed by atoms with Gasteiger partial charge in [-0.2, -0.15) is 0 Å². The standard InChI is InChI=1S/C9H10N2O2S/c10-9(14)6-1-2-8(11-3-6)13-7-4-12-5-7/h1-3,7H,4-5H2,(H2,10,14). The molecule has 1 aromatic rings. The van der Waals surface area contributed by atoms with Gasteiger partial charge in [-0.3, -0.25) is 0 Å². The Balaban J connectivity index is 2.01. The molecule has 0 aromatic carbocycles. The summed E-state index contributed by atoms with van der Waals surface area (Å²) in [5, 5.41) is 0. The lowest BCUT2D eigenvalue weighted by Crippen LogP contribution is -2.38. The van der Waals surface area contributed by atoms with Crippen molar-refractivity contribution < 1.29 is 9.47 Å². The number of ether oxygens (including phenoxy) is 2. The Morgan fingerprint density at radius 2 is 2.36 bits per heavy atom.